The van der Waals surface area contributed by atoms with Crippen molar-refractivity contribution in [1.82, 2.24) is 4.57 Å². The largest absolute Gasteiger partial charge is 0.337 e. The number of hydrogen-bond donors (Lipinski definition) is 1. The smallest absolute Gasteiger partial charge is 0.244 e. The second kappa shape index (κ2) is 7.95. The summed E-state index contributed by atoms with van der Waals surface area (Å²) in [5.41, 5.74) is 4.00. The van der Waals surface area contributed by atoms with Gasteiger partial charge < -0.3 is 9.88 Å². The van der Waals surface area contributed by atoms with Gasteiger partial charge in [-0.1, -0.05) is 42.5 Å². The molecule has 1 heterocycles. The third-order valence-corrected chi connectivity index (χ3v) is 5.34. The Hall–Kier alpha value is -3.73. The average Bonchev–Trinajstić information content (AvgIpc) is 3.10. The molecule has 4 nitrogen and oxygen atoms in total. The summed E-state index contributed by atoms with van der Waals surface area (Å²) in [6, 6.07) is 19.0. The van der Waals surface area contributed by atoms with Gasteiger partial charge in [0.2, 0.25) is 5.91 Å². The van der Waals surface area contributed by atoms with Gasteiger partial charge in [0.05, 0.1) is 5.56 Å². The lowest BCUT2D eigenvalue weighted by atomic mass is 10.0. The van der Waals surface area contributed by atoms with Crippen molar-refractivity contribution in [3.8, 4) is 0 Å². The number of halogens is 1. The lowest BCUT2D eigenvalue weighted by Gasteiger charge is -2.11. The summed E-state index contributed by atoms with van der Waals surface area (Å²) in [5.74, 6) is -1.17. The van der Waals surface area contributed by atoms with Gasteiger partial charge in [-0.25, -0.2) is 4.39 Å². The zero-order valence-electron chi connectivity index (χ0n) is 16.8. The number of amides is 1. The Morgan fingerprint density at radius 3 is 2.43 bits per heavy atom. The fourth-order valence-electron chi connectivity index (χ4n) is 3.58. The van der Waals surface area contributed by atoms with E-state index < -0.39 is 11.6 Å². The maximum Gasteiger partial charge on any atom is 0.244 e. The molecule has 0 aliphatic heterocycles. The van der Waals surface area contributed by atoms with Gasteiger partial charge in [-0.15, -0.1) is 0 Å². The van der Waals surface area contributed by atoms with Crippen LogP contribution in [0.3, 0.4) is 0 Å². The molecule has 0 saturated carbocycles. The van der Waals surface area contributed by atoms with Gasteiger partial charge in [-0.05, 0) is 49.2 Å². The summed E-state index contributed by atoms with van der Waals surface area (Å²) in [6.07, 6.45) is 1.63. The number of carbonyl (C=O) groups is 2. The van der Waals surface area contributed by atoms with Crippen molar-refractivity contribution < 1.29 is 14.0 Å². The fraction of sp³-hybridized carbons (Fsp3) is 0.120. The number of nitrogens with one attached hydrogen (secondary N) is 1. The lowest BCUT2D eigenvalue weighted by Crippen LogP contribution is -2.19. The second-order valence-corrected chi connectivity index (χ2v) is 7.29. The van der Waals surface area contributed by atoms with Crippen LogP contribution in [0.5, 0.6) is 0 Å². The Balaban J connectivity index is 1.67. The molecule has 5 heteroatoms. The Kier molecular flexibility index (Phi) is 5.19. The summed E-state index contributed by atoms with van der Waals surface area (Å²) in [7, 11) is 0. The van der Waals surface area contributed by atoms with Gasteiger partial charge in [0, 0.05) is 28.4 Å². The van der Waals surface area contributed by atoms with Crippen LogP contribution in [0.4, 0.5) is 10.1 Å². The topological polar surface area (TPSA) is 51.1 Å². The zero-order chi connectivity index (χ0) is 21.3. The van der Waals surface area contributed by atoms with Crippen LogP contribution in [-0.4, -0.2) is 16.3 Å². The van der Waals surface area contributed by atoms with Crippen LogP contribution < -0.4 is 5.32 Å². The first-order chi connectivity index (χ1) is 14.5. The molecule has 1 aromatic heterocycles. The van der Waals surface area contributed by atoms with E-state index in [0.717, 1.165) is 22.3 Å². The van der Waals surface area contributed by atoms with Crippen LogP contribution in [0.2, 0.25) is 0 Å². The molecule has 1 N–H and O–H groups in total. The highest BCUT2D eigenvalue weighted by molar-refractivity contribution is 6.16. The highest BCUT2D eigenvalue weighted by atomic mass is 19.1. The number of para-hydroxylation sites is 1. The molecule has 0 unspecified atom stereocenters. The van der Waals surface area contributed by atoms with E-state index in [1.807, 2.05) is 56.3 Å². The molecule has 0 radical (unpaired) electrons. The summed E-state index contributed by atoms with van der Waals surface area (Å²) in [6.45, 7) is 3.99. The molecule has 1 amide bonds. The normalized spacial score (nSPS) is 10.9. The molecule has 150 valence electrons. The van der Waals surface area contributed by atoms with Crippen molar-refractivity contribution in [3.63, 3.8) is 0 Å². The van der Waals surface area contributed by atoms with Gasteiger partial charge in [-0.2, -0.15) is 0 Å². The Bertz CT molecular complexity index is 1270. The van der Waals surface area contributed by atoms with Crippen LogP contribution >= 0.6 is 0 Å². The summed E-state index contributed by atoms with van der Waals surface area (Å²) < 4.78 is 15.9. The SMILES string of the molecule is Cc1cccc(NC(=O)Cn2cc(C(=O)c3ccccc3F)c3ccccc32)c1C. The number of hydrogen-bond acceptors (Lipinski definition) is 2. The minimum atomic E-state index is -0.563. The predicted molar refractivity (Wildman–Crippen MR) is 116 cm³/mol. The molecular weight excluding hydrogens is 379 g/mol. The van der Waals surface area contributed by atoms with Crippen LogP contribution in [0.25, 0.3) is 10.9 Å². The first kappa shape index (κ1) is 19.6. The number of aromatic nitrogens is 1. The summed E-state index contributed by atoms with van der Waals surface area (Å²) in [4.78, 5) is 25.7. The van der Waals surface area contributed by atoms with Crippen molar-refractivity contribution in [2.24, 2.45) is 0 Å². The Labute approximate surface area is 174 Å². The first-order valence-corrected chi connectivity index (χ1v) is 9.69. The van der Waals surface area contributed by atoms with E-state index >= 15 is 0 Å². The van der Waals surface area contributed by atoms with Gasteiger partial charge in [-0.3, -0.25) is 9.59 Å². The molecule has 3 aromatic carbocycles. The molecule has 0 spiro atoms. The number of nitrogens with zero attached hydrogens (tertiary/aromatic N) is 1. The fourth-order valence-corrected chi connectivity index (χ4v) is 3.58. The van der Waals surface area contributed by atoms with Gasteiger partial charge in [0.1, 0.15) is 12.4 Å². The van der Waals surface area contributed by atoms with E-state index in [9.17, 15) is 14.0 Å². The van der Waals surface area contributed by atoms with E-state index in [2.05, 4.69) is 5.32 Å². The maximum absolute atomic E-state index is 14.2. The van der Waals surface area contributed by atoms with E-state index in [0.29, 0.717) is 10.9 Å². The molecule has 30 heavy (non-hydrogen) atoms. The maximum atomic E-state index is 14.2. The van der Waals surface area contributed by atoms with Crippen molar-refractivity contribution in [2.45, 2.75) is 20.4 Å². The van der Waals surface area contributed by atoms with Gasteiger partial charge >= 0.3 is 0 Å². The molecular formula is C25H21FN2O2. The molecule has 0 saturated heterocycles. The molecule has 4 rings (SSSR count). The van der Waals surface area contributed by atoms with Crippen LogP contribution in [-0.2, 0) is 11.3 Å². The summed E-state index contributed by atoms with van der Waals surface area (Å²) in [5, 5.41) is 3.62. The van der Waals surface area contributed by atoms with Crippen molar-refractivity contribution >= 4 is 28.3 Å². The molecule has 0 aliphatic rings. The second-order valence-electron chi connectivity index (χ2n) is 7.29. The number of carbonyl (C=O) groups excluding carboxylic acids is 2. The van der Waals surface area contributed by atoms with E-state index in [1.54, 1.807) is 22.9 Å². The number of anilines is 1. The molecule has 4 aromatic rings. The number of aryl methyl sites for hydroxylation is 1. The quantitative estimate of drug-likeness (QED) is 0.464. The minimum Gasteiger partial charge on any atom is -0.337 e. The van der Waals surface area contributed by atoms with Crippen LogP contribution in [0.1, 0.15) is 27.0 Å². The molecule has 0 fully saturated rings. The van der Waals surface area contributed by atoms with Crippen molar-refractivity contribution in [1.29, 1.82) is 0 Å². The highest BCUT2D eigenvalue weighted by Gasteiger charge is 2.20. The minimum absolute atomic E-state index is 0.0141. The van der Waals surface area contributed by atoms with Crippen molar-refractivity contribution in [3.05, 3.63) is 101 Å². The average molecular weight is 400 g/mol. The van der Waals surface area contributed by atoms with Crippen LogP contribution in [0, 0.1) is 19.7 Å². The number of rotatable bonds is 5. The molecule has 0 bridgehead atoms. The number of ketones is 1. The third kappa shape index (κ3) is 3.62. The Morgan fingerprint density at radius 2 is 1.63 bits per heavy atom. The predicted octanol–water partition coefficient (Wildman–Crippen LogP) is 5.27. The Morgan fingerprint density at radius 1 is 0.900 bits per heavy atom. The summed E-state index contributed by atoms with van der Waals surface area (Å²) >= 11 is 0. The standard InChI is InChI=1S/C25H21FN2O2/c1-16-8-7-12-22(17(16)2)27-24(29)15-28-14-20(18-9-4-6-13-23(18)28)25(30)19-10-3-5-11-21(19)26/h3-14H,15H2,1-2H3,(H,27,29). The van der Waals surface area contributed by atoms with E-state index in [-0.39, 0.29) is 18.0 Å². The molecule has 0 aliphatic carbocycles. The van der Waals surface area contributed by atoms with Gasteiger partial charge in [0.25, 0.3) is 0 Å². The first-order valence-electron chi connectivity index (χ1n) is 9.69. The van der Waals surface area contributed by atoms with Gasteiger partial charge in [0.15, 0.2) is 5.78 Å². The third-order valence-electron chi connectivity index (χ3n) is 5.34. The monoisotopic (exact) mass is 400 g/mol. The van der Waals surface area contributed by atoms with E-state index in [1.165, 1.54) is 12.1 Å². The van der Waals surface area contributed by atoms with Crippen molar-refractivity contribution in [2.75, 3.05) is 5.32 Å². The van der Waals surface area contributed by atoms with Crippen LogP contribution in [0.15, 0.2) is 72.9 Å². The van der Waals surface area contributed by atoms with E-state index in [4.69, 9.17) is 0 Å². The lowest BCUT2D eigenvalue weighted by molar-refractivity contribution is -0.116. The molecule has 0 atom stereocenters. The highest BCUT2D eigenvalue weighted by Crippen LogP contribution is 2.25. The number of fused-ring (bicyclic) bond motifs is 1. The zero-order valence-corrected chi connectivity index (χ0v) is 16.8. The number of benzene rings is 3.